The Labute approximate surface area is 96.4 Å². The average molecular weight is 218 g/mol. The number of hydrogen-bond donors (Lipinski definition) is 1. The van der Waals surface area contributed by atoms with E-state index in [0.717, 1.165) is 11.3 Å². The summed E-state index contributed by atoms with van der Waals surface area (Å²) < 4.78 is 1.75. The maximum atomic E-state index is 9.01. The minimum atomic E-state index is -0.0408. The minimum Gasteiger partial charge on any atom is -0.390 e. The van der Waals surface area contributed by atoms with E-state index < -0.39 is 0 Å². The third-order valence-electron chi connectivity index (χ3n) is 2.20. The van der Waals surface area contributed by atoms with Gasteiger partial charge in [-0.1, -0.05) is 30.4 Å². The van der Waals surface area contributed by atoms with Crippen LogP contribution in [0.5, 0.6) is 0 Å². The van der Waals surface area contributed by atoms with Crippen molar-refractivity contribution in [1.82, 2.24) is 9.78 Å². The van der Waals surface area contributed by atoms with Crippen LogP contribution in [-0.2, 0) is 13.7 Å². The molecule has 0 unspecified atom stereocenters. The van der Waals surface area contributed by atoms with Crippen LogP contribution in [0.15, 0.2) is 36.4 Å². The minimum absolute atomic E-state index is 0.0408. The van der Waals surface area contributed by atoms with Gasteiger partial charge in [0.15, 0.2) is 0 Å². The van der Waals surface area contributed by atoms with Crippen LogP contribution >= 0.6 is 0 Å². The highest BCUT2D eigenvalue weighted by atomic mass is 16.3. The topological polar surface area (TPSA) is 38.1 Å². The Morgan fingerprint density at radius 1 is 1.50 bits per heavy atom. The van der Waals surface area contributed by atoms with Gasteiger partial charge < -0.3 is 5.11 Å². The molecule has 0 amide bonds. The summed E-state index contributed by atoms with van der Waals surface area (Å²) in [4.78, 5) is 0. The van der Waals surface area contributed by atoms with E-state index in [1.54, 1.807) is 10.8 Å². The lowest BCUT2D eigenvalue weighted by Gasteiger charge is -2.01. The van der Waals surface area contributed by atoms with Gasteiger partial charge in [0.1, 0.15) is 0 Å². The van der Waals surface area contributed by atoms with Gasteiger partial charge in [-0.25, -0.2) is 0 Å². The van der Waals surface area contributed by atoms with Crippen molar-refractivity contribution in [3.05, 3.63) is 47.8 Å². The second-order valence-corrected chi connectivity index (χ2v) is 3.87. The predicted octanol–water partition coefficient (Wildman–Crippen LogP) is 2.45. The number of allylic oxidation sites excluding steroid dienone is 5. The van der Waals surface area contributed by atoms with Gasteiger partial charge in [0.2, 0.25) is 0 Å². The van der Waals surface area contributed by atoms with Gasteiger partial charge in [-0.05, 0) is 25.5 Å². The van der Waals surface area contributed by atoms with E-state index in [1.807, 2.05) is 39.1 Å². The monoisotopic (exact) mass is 218 g/mol. The van der Waals surface area contributed by atoms with Crippen molar-refractivity contribution < 1.29 is 5.11 Å². The molecule has 1 aromatic heterocycles. The molecule has 1 aromatic rings. The summed E-state index contributed by atoms with van der Waals surface area (Å²) in [6.45, 7) is 7.83. The van der Waals surface area contributed by atoms with Gasteiger partial charge in [-0.2, -0.15) is 5.10 Å². The van der Waals surface area contributed by atoms with Crippen LogP contribution in [0.25, 0.3) is 5.57 Å². The van der Waals surface area contributed by atoms with Crippen molar-refractivity contribution in [3.8, 4) is 0 Å². The molecule has 0 spiro atoms. The van der Waals surface area contributed by atoms with Crippen LogP contribution in [-0.4, -0.2) is 14.9 Å². The molecule has 0 aliphatic carbocycles. The molecular formula is C13H18N2O. The lowest BCUT2D eigenvalue weighted by molar-refractivity contribution is 0.275. The zero-order chi connectivity index (χ0) is 12.1. The Morgan fingerprint density at radius 2 is 2.19 bits per heavy atom. The predicted molar refractivity (Wildman–Crippen MR) is 66.7 cm³/mol. The lowest BCUT2D eigenvalue weighted by Crippen LogP contribution is -1.96. The van der Waals surface area contributed by atoms with Gasteiger partial charge in [0.05, 0.1) is 18.0 Å². The molecule has 3 heteroatoms. The van der Waals surface area contributed by atoms with Crippen LogP contribution in [0.3, 0.4) is 0 Å². The third kappa shape index (κ3) is 2.94. The molecule has 0 saturated heterocycles. The van der Waals surface area contributed by atoms with Crippen LogP contribution in [0.2, 0.25) is 0 Å². The van der Waals surface area contributed by atoms with E-state index in [4.69, 9.17) is 5.11 Å². The number of nitrogens with zero attached hydrogens (tertiary/aromatic N) is 2. The molecule has 0 fully saturated rings. The lowest BCUT2D eigenvalue weighted by atomic mass is 10.1. The van der Waals surface area contributed by atoms with Gasteiger partial charge in [0, 0.05) is 7.05 Å². The Balaban J connectivity index is 3.13. The fourth-order valence-corrected chi connectivity index (χ4v) is 1.39. The van der Waals surface area contributed by atoms with Crippen molar-refractivity contribution in [2.45, 2.75) is 20.5 Å². The van der Waals surface area contributed by atoms with E-state index in [2.05, 4.69) is 11.7 Å². The van der Waals surface area contributed by atoms with Crippen molar-refractivity contribution in [3.63, 3.8) is 0 Å². The van der Waals surface area contributed by atoms with Gasteiger partial charge >= 0.3 is 0 Å². The number of aliphatic hydroxyl groups excluding tert-OH is 1. The van der Waals surface area contributed by atoms with Crippen molar-refractivity contribution in [2.75, 3.05) is 0 Å². The summed E-state index contributed by atoms with van der Waals surface area (Å²) in [5.74, 6) is 0. The van der Waals surface area contributed by atoms with Crippen LogP contribution in [0.4, 0.5) is 0 Å². The van der Waals surface area contributed by atoms with Gasteiger partial charge in [0.25, 0.3) is 0 Å². The molecule has 0 atom stereocenters. The fourth-order valence-electron chi connectivity index (χ4n) is 1.39. The first kappa shape index (κ1) is 12.5. The fraction of sp³-hybridized carbons (Fsp3) is 0.308. The summed E-state index contributed by atoms with van der Waals surface area (Å²) in [5, 5.41) is 13.2. The molecule has 16 heavy (non-hydrogen) atoms. The van der Waals surface area contributed by atoms with Gasteiger partial charge in [-0.3, -0.25) is 4.68 Å². The quantitative estimate of drug-likeness (QED) is 0.788. The van der Waals surface area contributed by atoms with E-state index >= 15 is 0 Å². The highest BCUT2D eigenvalue weighted by molar-refractivity contribution is 5.72. The Kier molecular flexibility index (Phi) is 4.26. The molecule has 1 heterocycles. The zero-order valence-corrected chi connectivity index (χ0v) is 10.1. The first-order chi connectivity index (χ1) is 7.58. The number of aliphatic hydroxyl groups is 1. The van der Waals surface area contributed by atoms with Crippen molar-refractivity contribution >= 4 is 5.57 Å². The van der Waals surface area contributed by atoms with Crippen LogP contribution in [0.1, 0.15) is 25.2 Å². The molecule has 1 N–H and O–H groups in total. The number of rotatable bonds is 4. The van der Waals surface area contributed by atoms with E-state index in [-0.39, 0.29) is 6.61 Å². The first-order valence-electron chi connectivity index (χ1n) is 5.20. The summed E-state index contributed by atoms with van der Waals surface area (Å²) in [7, 11) is 1.86. The SMILES string of the molecule is C=C/C(=C\C=C(C)C)c1cc(CO)nn1C. The van der Waals surface area contributed by atoms with E-state index in [1.165, 1.54) is 5.57 Å². The van der Waals surface area contributed by atoms with E-state index in [9.17, 15) is 0 Å². The molecule has 1 rings (SSSR count). The second kappa shape index (κ2) is 5.47. The summed E-state index contributed by atoms with van der Waals surface area (Å²) in [6.07, 6.45) is 5.82. The molecule has 0 bridgehead atoms. The maximum absolute atomic E-state index is 9.01. The summed E-state index contributed by atoms with van der Waals surface area (Å²) in [6, 6.07) is 1.87. The Bertz CT molecular complexity index is 435. The number of aryl methyl sites for hydroxylation is 1. The highest BCUT2D eigenvalue weighted by Crippen LogP contribution is 2.16. The normalized spacial score (nSPS) is 11.4. The zero-order valence-electron chi connectivity index (χ0n) is 10.1. The maximum Gasteiger partial charge on any atom is 0.0885 e. The van der Waals surface area contributed by atoms with Crippen LogP contribution in [0, 0.1) is 0 Å². The van der Waals surface area contributed by atoms with E-state index in [0.29, 0.717) is 5.69 Å². The molecular weight excluding hydrogens is 200 g/mol. The second-order valence-electron chi connectivity index (χ2n) is 3.87. The molecule has 0 aromatic carbocycles. The van der Waals surface area contributed by atoms with Crippen LogP contribution < -0.4 is 0 Å². The Hall–Kier alpha value is -1.61. The molecule has 0 radical (unpaired) electrons. The van der Waals surface area contributed by atoms with Crippen molar-refractivity contribution in [2.24, 2.45) is 7.05 Å². The molecule has 0 aliphatic rings. The molecule has 0 aliphatic heterocycles. The molecule has 0 saturated carbocycles. The number of aromatic nitrogens is 2. The molecule has 3 nitrogen and oxygen atoms in total. The average Bonchev–Trinajstić information content (AvgIpc) is 2.61. The van der Waals surface area contributed by atoms with Gasteiger partial charge in [-0.15, -0.1) is 0 Å². The summed E-state index contributed by atoms with van der Waals surface area (Å²) in [5.41, 5.74) is 3.85. The Morgan fingerprint density at radius 3 is 2.62 bits per heavy atom. The largest absolute Gasteiger partial charge is 0.390 e. The smallest absolute Gasteiger partial charge is 0.0885 e. The molecule has 86 valence electrons. The standard InChI is InChI=1S/C13H18N2O/c1-5-11(7-6-10(2)3)13-8-12(9-16)14-15(13)4/h5-8,16H,1,9H2,2-4H3/b11-7+. The van der Waals surface area contributed by atoms with Crippen molar-refractivity contribution in [1.29, 1.82) is 0 Å². The summed E-state index contributed by atoms with van der Waals surface area (Å²) >= 11 is 0. The number of hydrogen-bond acceptors (Lipinski definition) is 2. The highest BCUT2D eigenvalue weighted by Gasteiger charge is 2.06. The third-order valence-corrected chi connectivity index (χ3v) is 2.20. The first-order valence-corrected chi connectivity index (χ1v) is 5.20.